The molecule has 2 rings (SSSR count). The molecular formula is C14H17N3O. The van der Waals surface area contributed by atoms with Gasteiger partial charge in [-0.2, -0.15) is 0 Å². The number of hydrogen-bond acceptors (Lipinski definition) is 4. The van der Waals surface area contributed by atoms with Crippen LogP contribution in [0.4, 0.5) is 0 Å². The number of nitrogens with two attached hydrogens (primary N) is 1. The van der Waals surface area contributed by atoms with Gasteiger partial charge in [-0.1, -0.05) is 25.5 Å². The highest BCUT2D eigenvalue weighted by Gasteiger charge is 2.00. The molecule has 0 aliphatic heterocycles. The lowest BCUT2D eigenvalue weighted by atomic mass is 10.1. The predicted molar refractivity (Wildman–Crippen MR) is 70.4 cm³/mol. The van der Waals surface area contributed by atoms with Gasteiger partial charge in [0.25, 0.3) is 0 Å². The quantitative estimate of drug-likeness (QED) is 0.877. The van der Waals surface area contributed by atoms with Crippen LogP contribution in [0.15, 0.2) is 36.7 Å². The Bertz CT molecular complexity index is 479. The van der Waals surface area contributed by atoms with E-state index in [1.165, 1.54) is 5.56 Å². The summed E-state index contributed by atoms with van der Waals surface area (Å²) in [6.45, 7) is 2.60. The number of nitrogens with zero attached hydrogens (tertiary/aromatic N) is 2. The summed E-state index contributed by atoms with van der Waals surface area (Å²) in [5.41, 5.74) is 7.68. The lowest BCUT2D eigenvalue weighted by Gasteiger charge is -2.05. The summed E-state index contributed by atoms with van der Waals surface area (Å²) in [4.78, 5) is 8.18. The van der Waals surface area contributed by atoms with Crippen molar-refractivity contribution in [2.45, 2.75) is 26.3 Å². The fourth-order valence-electron chi connectivity index (χ4n) is 1.62. The van der Waals surface area contributed by atoms with E-state index in [2.05, 4.69) is 29.0 Å². The molecular weight excluding hydrogens is 226 g/mol. The van der Waals surface area contributed by atoms with Crippen molar-refractivity contribution in [3.63, 3.8) is 0 Å². The van der Waals surface area contributed by atoms with E-state index in [1.807, 2.05) is 12.1 Å². The van der Waals surface area contributed by atoms with Gasteiger partial charge in [0.2, 0.25) is 0 Å². The minimum absolute atomic E-state index is 0.343. The number of aromatic nitrogens is 2. The highest BCUT2D eigenvalue weighted by molar-refractivity contribution is 5.29. The normalized spacial score (nSPS) is 10.3. The molecule has 0 fully saturated rings. The van der Waals surface area contributed by atoms with Crippen LogP contribution in [0.3, 0.4) is 0 Å². The molecule has 0 aliphatic rings. The highest BCUT2D eigenvalue weighted by Crippen LogP contribution is 2.18. The Kier molecular flexibility index (Phi) is 4.25. The number of rotatable bonds is 5. The summed E-state index contributed by atoms with van der Waals surface area (Å²) >= 11 is 0. The third-order valence-corrected chi connectivity index (χ3v) is 2.59. The van der Waals surface area contributed by atoms with Gasteiger partial charge < -0.3 is 10.5 Å². The number of aryl methyl sites for hydroxylation is 1. The number of hydrogen-bond donors (Lipinski definition) is 1. The van der Waals surface area contributed by atoms with Gasteiger partial charge in [-0.15, -0.1) is 0 Å². The maximum Gasteiger partial charge on any atom is 0.321 e. The Morgan fingerprint density at radius 1 is 1.06 bits per heavy atom. The zero-order valence-corrected chi connectivity index (χ0v) is 10.5. The molecule has 1 heterocycles. The van der Waals surface area contributed by atoms with Crippen molar-refractivity contribution in [2.75, 3.05) is 0 Å². The van der Waals surface area contributed by atoms with Gasteiger partial charge in [0.15, 0.2) is 0 Å². The molecule has 0 saturated carbocycles. The second kappa shape index (κ2) is 6.12. The fraction of sp³-hybridized carbons (Fsp3) is 0.286. The fourth-order valence-corrected chi connectivity index (χ4v) is 1.62. The van der Waals surface area contributed by atoms with Crippen LogP contribution in [-0.2, 0) is 13.0 Å². The van der Waals surface area contributed by atoms with Gasteiger partial charge in [0.05, 0.1) is 0 Å². The minimum Gasteiger partial charge on any atom is -0.424 e. The maximum atomic E-state index is 5.55. The smallest absolute Gasteiger partial charge is 0.321 e. The molecule has 0 unspecified atom stereocenters. The number of ether oxygens (including phenoxy) is 1. The van der Waals surface area contributed by atoms with Crippen molar-refractivity contribution in [3.8, 4) is 11.8 Å². The molecule has 94 valence electrons. The van der Waals surface area contributed by atoms with Crippen LogP contribution >= 0.6 is 0 Å². The molecule has 4 nitrogen and oxygen atoms in total. The summed E-state index contributed by atoms with van der Waals surface area (Å²) in [5.74, 6) is 0.746. The van der Waals surface area contributed by atoms with Gasteiger partial charge in [0, 0.05) is 24.5 Å². The van der Waals surface area contributed by atoms with Gasteiger partial charge in [0.1, 0.15) is 5.75 Å². The van der Waals surface area contributed by atoms with Crippen LogP contribution in [0.25, 0.3) is 0 Å². The molecule has 2 N–H and O–H groups in total. The highest BCUT2D eigenvalue weighted by atomic mass is 16.5. The van der Waals surface area contributed by atoms with Gasteiger partial charge >= 0.3 is 6.01 Å². The summed E-state index contributed by atoms with van der Waals surface area (Å²) in [6, 6.07) is 8.34. The molecule has 2 aromatic rings. The van der Waals surface area contributed by atoms with E-state index < -0.39 is 0 Å². The zero-order chi connectivity index (χ0) is 12.8. The molecule has 4 heteroatoms. The van der Waals surface area contributed by atoms with Crippen LogP contribution in [0.1, 0.15) is 24.5 Å². The molecule has 0 aliphatic carbocycles. The predicted octanol–water partition coefficient (Wildman–Crippen LogP) is 2.68. The molecule has 0 amide bonds. The minimum atomic E-state index is 0.343. The van der Waals surface area contributed by atoms with E-state index in [1.54, 1.807) is 12.4 Å². The molecule has 1 aromatic carbocycles. The van der Waals surface area contributed by atoms with Gasteiger partial charge in [-0.3, -0.25) is 0 Å². The average Bonchev–Trinajstić information content (AvgIpc) is 2.42. The van der Waals surface area contributed by atoms with E-state index in [0.29, 0.717) is 12.6 Å². The van der Waals surface area contributed by atoms with E-state index in [4.69, 9.17) is 10.5 Å². The largest absolute Gasteiger partial charge is 0.424 e. The molecule has 0 spiro atoms. The molecule has 0 bridgehead atoms. The zero-order valence-electron chi connectivity index (χ0n) is 10.5. The first kappa shape index (κ1) is 12.5. The first-order valence-electron chi connectivity index (χ1n) is 6.09. The van der Waals surface area contributed by atoms with Gasteiger partial charge in [-0.05, 0) is 24.1 Å². The van der Waals surface area contributed by atoms with Crippen LogP contribution < -0.4 is 10.5 Å². The lowest BCUT2D eigenvalue weighted by Crippen LogP contribution is -1.99. The number of benzene rings is 1. The first-order valence-corrected chi connectivity index (χ1v) is 6.09. The maximum absolute atomic E-state index is 5.55. The Balaban J connectivity index is 2.03. The SMILES string of the molecule is CCCc1ccc(Oc2ncc(CN)cn2)cc1. The summed E-state index contributed by atoms with van der Waals surface area (Å²) in [6.07, 6.45) is 5.58. The summed E-state index contributed by atoms with van der Waals surface area (Å²) in [7, 11) is 0. The molecule has 0 atom stereocenters. The van der Waals surface area contributed by atoms with Crippen molar-refractivity contribution >= 4 is 0 Å². The Morgan fingerprint density at radius 2 is 1.72 bits per heavy atom. The Hall–Kier alpha value is -1.94. The Labute approximate surface area is 107 Å². The van der Waals surface area contributed by atoms with Crippen LogP contribution in [0.5, 0.6) is 11.8 Å². The van der Waals surface area contributed by atoms with Crippen molar-refractivity contribution in [3.05, 3.63) is 47.8 Å². The molecule has 0 saturated heterocycles. The van der Waals surface area contributed by atoms with E-state index >= 15 is 0 Å². The van der Waals surface area contributed by atoms with E-state index in [0.717, 1.165) is 24.2 Å². The standard InChI is InChI=1S/C14H17N3O/c1-2-3-11-4-6-13(7-5-11)18-14-16-9-12(8-15)10-17-14/h4-7,9-10H,2-3,8,15H2,1H3. The molecule has 0 radical (unpaired) electrons. The lowest BCUT2D eigenvalue weighted by molar-refractivity contribution is 0.441. The van der Waals surface area contributed by atoms with Crippen molar-refractivity contribution in [1.29, 1.82) is 0 Å². The van der Waals surface area contributed by atoms with Gasteiger partial charge in [-0.25, -0.2) is 9.97 Å². The second-order valence-corrected chi connectivity index (χ2v) is 4.07. The van der Waals surface area contributed by atoms with Crippen LogP contribution in [0, 0.1) is 0 Å². The third kappa shape index (κ3) is 3.28. The monoisotopic (exact) mass is 243 g/mol. The van der Waals surface area contributed by atoms with Crippen molar-refractivity contribution in [1.82, 2.24) is 9.97 Å². The average molecular weight is 243 g/mol. The molecule has 18 heavy (non-hydrogen) atoms. The summed E-state index contributed by atoms with van der Waals surface area (Å²) < 4.78 is 5.55. The topological polar surface area (TPSA) is 61.0 Å². The third-order valence-electron chi connectivity index (χ3n) is 2.59. The van der Waals surface area contributed by atoms with Crippen LogP contribution in [-0.4, -0.2) is 9.97 Å². The van der Waals surface area contributed by atoms with Crippen LogP contribution in [0.2, 0.25) is 0 Å². The molecule has 1 aromatic heterocycles. The van der Waals surface area contributed by atoms with Crippen molar-refractivity contribution in [2.24, 2.45) is 5.73 Å². The van der Waals surface area contributed by atoms with Crippen molar-refractivity contribution < 1.29 is 4.74 Å². The van der Waals surface area contributed by atoms with E-state index in [9.17, 15) is 0 Å². The summed E-state index contributed by atoms with van der Waals surface area (Å²) in [5, 5.41) is 0. The first-order chi connectivity index (χ1) is 8.81. The second-order valence-electron chi connectivity index (χ2n) is 4.07. The van der Waals surface area contributed by atoms with E-state index in [-0.39, 0.29) is 0 Å². The Morgan fingerprint density at radius 3 is 2.28 bits per heavy atom.